The number of ether oxygens (including phenoxy) is 4. The van der Waals surface area contributed by atoms with Crippen molar-refractivity contribution < 1.29 is 23.7 Å². The van der Waals surface area contributed by atoms with Gasteiger partial charge >= 0.3 is 5.97 Å². The second-order valence-corrected chi connectivity index (χ2v) is 8.13. The molecule has 0 aromatic heterocycles. The molecular weight excluding hydrogens is 420 g/mol. The Morgan fingerprint density at radius 3 is 2.58 bits per heavy atom. The Labute approximate surface area is 191 Å². The van der Waals surface area contributed by atoms with Crippen molar-refractivity contribution in [3.8, 4) is 17.2 Å². The Kier molecular flexibility index (Phi) is 4.68. The highest BCUT2D eigenvalue weighted by Gasteiger charge is 2.41. The highest BCUT2D eigenvalue weighted by molar-refractivity contribution is 6.02. The first kappa shape index (κ1) is 19.7. The fraction of sp³-hybridized carbons (Fsp3) is 0.231. The molecule has 33 heavy (non-hydrogen) atoms. The maximum atomic E-state index is 11.8. The van der Waals surface area contributed by atoms with Crippen LogP contribution in [-0.4, -0.2) is 37.0 Å². The second-order valence-electron chi connectivity index (χ2n) is 8.13. The maximum absolute atomic E-state index is 11.8. The summed E-state index contributed by atoms with van der Waals surface area (Å²) in [5, 5.41) is 7.01. The zero-order chi connectivity index (χ0) is 22.4. The first-order valence-corrected chi connectivity index (χ1v) is 10.9. The quantitative estimate of drug-likeness (QED) is 0.557. The van der Waals surface area contributed by atoms with Crippen LogP contribution in [0.15, 0.2) is 71.8 Å². The summed E-state index contributed by atoms with van der Waals surface area (Å²) in [6, 6.07) is 21.4. The summed E-state index contributed by atoms with van der Waals surface area (Å²) in [4.78, 5) is 11.8. The molecule has 0 amide bonds. The molecule has 0 saturated heterocycles. The number of methoxy groups -OCH3 is 1. The number of hydrogen-bond donors (Lipinski definition) is 0. The summed E-state index contributed by atoms with van der Waals surface area (Å²) in [5.41, 5.74) is 4.49. The number of carbonyl (C=O) groups excluding carboxylic acids is 1. The molecule has 3 heterocycles. The molecule has 6 rings (SSSR count). The monoisotopic (exact) mass is 442 g/mol. The molecule has 2 atom stereocenters. The molecule has 166 valence electrons. The lowest BCUT2D eigenvalue weighted by molar-refractivity contribution is -0.0190. The Balaban J connectivity index is 1.38. The third kappa shape index (κ3) is 3.36. The fourth-order valence-electron chi connectivity index (χ4n) is 4.55. The van der Waals surface area contributed by atoms with E-state index in [0.717, 1.165) is 46.1 Å². The SMILES string of the molecule is COC(=O)c1ccc([C@H]2Oc3ccccc3[C@@H]3CC(c4ccc5c(c4)OCCO5)=NN23)cc1. The van der Waals surface area contributed by atoms with E-state index in [9.17, 15) is 4.79 Å². The molecule has 3 aliphatic rings. The van der Waals surface area contributed by atoms with E-state index in [1.165, 1.54) is 7.11 Å². The standard InChI is InChI=1S/C26H22N2O5/c1-30-26(29)17-8-6-16(7-9-17)25-28-21(19-4-2-3-5-22(19)33-25)15-20(27-28)18-10-11-23-24(14-18)32-13-12-31-23/h2-11,14,21,25H,12-13,15H2,1H3/t21-,25+/m0/s1. The van der Waals surface area contributed by atoms with Crippen LogP contribution in [0.2, 0.25) is 0 Å². The topological polar surface area (TPSA) is 69.6 Å². The summed E-state index contributed by atoms with van der Waals surface area (Å²) in [5.74, 6) is 1.99. The lowest BCUT2D eigenvalue weighted by Gasteiger charge is -2.38. The second kappa shape index (κ2) is 7.85. The van der Waals surface area contributed by atoms with Crippen LogP contribution in [0.5, 0.6) is 17.2 Å². The normalized spacial score (nSPS) is 20.3. The molecule has 0 fully saturated rings. The van der Waals surface area contributed by atoms with Gasteiger partial charge in [0, 0.05) is 23.1 Å². The van der Waals surface area contributed by atoms with Crippen LogP contribution in [0.1, 0.15) is 45.7 Å². The fourth-order valence-corrected chi connectivity index (χ4v) is 4.55. The molecule has 3 aromatic rings. The van der Waals surface area contributed by atoms with Gasteiger partial charge in [0.05, 0.1) is 24.4 Å². The zero-order valence-electron chi connectivity index (χ0n) is 18.1. The smallest absolute Gasteiger partial charge is 0.337 e. The molecule has 0 aliphatic carbocycles. The van der Waals surface area contributed by atoms with E-state index in [1.54, 1.807) is 12.1 Å². The van der Waals surface area contributed by atoms with Gasteiger partial charge in [-0.3, -0.25) is 0 Å². The molecule has 3 aliphatic heterocycles. The van der Waals surface area contributed by atoms with Gasteiger partial charge in [-0.15, -0.1) is 0 Å². The molecule has 7 nitrogen and oxygen atoms in total. The van der Waals surface area contributed by atoms with E-state index < -0.39 is 6.23 Å². The van der Waals surface area contributed by atoms with Gasteiger partial charge in [-0.05, 0) is 36.4 Å². The molecule has 3 aromatic carbocycles. The average molecular weight is 442 g/mol. The predicted octanol–water partition coefficient (Wildman–Crippen LogP) is 4.49. The van der Waals surface area contributed by atoms with E-state index in [-0.39, 0.29) is 12.0 Å². The van der Waals surface area contributed by atoms with Crippen molar-refractivity contribution in [2.24, 2.45) is 5.10 Å². The van der Waals surface area contributed by atoms with Crippen LogP contribution in [0, 0.1) is 0 Å². The molecule has 0 spiro atoms. The Hall–Kier alpha value is -4.00. The molecule has 0 saturated carbocycles. The highest BCUT2D eigenvalue weighted by atomic mass is 16.6. The summed E-state index contributed by atoms with van der Waals surface area (Å²) in [6.07, 6.45) is 0.336. The molecule has 0 N–H and O–H groups in total. The minimum absolute atomic E-state index is 0.0448. The lowest BCUT2D eigenvalue weighted by atomic mass is 9.95. The number of para-hydroxylation sites is 1. The largest absolute Gasteiger partial charge is 0.486 e. The number of carbonyl (C=O) groups is 1. The van der Waals surface area contributed by atoms with Gasteiger partial charge in [0.25, 0.3) is 0 Å². The molecule has 7 heteroatoms. The first-order chi connectivity index (χ1) is 16.2. The Bertz CT molecular complexity index is 1250. The first-order valence-electron chi connectivity index (χ1n) is 10.9. The molecule has 0 radical (unpaired) electrons. The van der Waals surface area contributed by atoms with Crippen molar-refractivity contribution in [2.45, 2.75) is 18.7 Å². The van der Waals surface area contributed by atoms with E-state index in [2.05, 4.69) is 6.07 Å². The van der Waals surface area contributed by atoms with E-state index in [1.807, 2.05) is 53.5 Å². The van der Waals surface area contributed by atoms with Crippen LogP contribution in [0.3, 0.4) is 0 Å². The summed E-state index contributed by atoms with van der Waals surface area (Å²) >= 11 is 0. The van der Waals surface area contributed by atoms with E-state index in [4.69, 9.17) is 24.0 Å². The van der Waals surface area contributed by atoms with Gasteiger partial charge in [0.1, 0.15) is 19.0 Å². The third-order valence-corrected chi connectivity index (χ3v) is 6.19. The minimum Gasteiger partial charge on any atom is -0.486 e. The van der Waals surface area contributed by atoms with Crippen molar-refractivity contribution >= 4 is 11.7 Å². The maximum Gasteiger partial charge on any atom is 0.337 e. The zero-order valence-corrected chi connectivity index (χ0v) is 18.1. The number of hydrazone groups is 1. The van der Waals surface area contributed by atoms with Gasteiger partial charge in [0.2, 0.25) is 6.23 Å². The van der Waals surface area contributed by atoms with Gasteiger partial charge < -0.3 is 18.9 Å². The number of rotatable bonds is 3. The minimum atomic E-state index is -0.411. The Morgan fingerprint density at radius 2 is 1.76 bits per heavy atom. The number of nitrogens with zero attached hydrogens (tertiary/aromatic N) is 2. The van der Waals surface area contributed by atoms with Gasteiger partial charge in [0.15, 0.2) is 11.5 Å². The number of hydrogen-bond acceptors (Lipinski definition) is 7. The lowest BCUT2D eigenvalue weighted by Crippen LogP contribution is -2.33. The van der Waals surface area contributed by atoms with Gasteiger partial charge in [-0.25, -0.2) is 9.80 Å². The molecular formula is C26H22N2O5. The van der Waals surface area contributed by atoms with Gasteiger partial charge in [-0.1, -0.05) is 30.3 Å². The Morgan fingerprint density at radius 1 is 0.970 bits per heavy atom. The van der Waals surface area contributed by atoms with E-state index >= 15 is 0 Å². The number of fused-ring (bicyclic) bond motifs is 4. The van der Waals surface area contributed by atoms with Crippen LogP contribution in [-0.2, 0) is 4.74 Å². The van der Waals surface area contributed by atoms with Crippen LogP contribution in [0.25, 0.3) is 0 Å². The van der Waals surface area contributed by atoms with Crippen molar-refractivity contribution in [3.63, 3.8) is 0 Å². The number of benzene rings is 3. The van der Waals surface area contributed by atoms with Gasteiger partial charge in [-0.2, -0.15) is 5.10 Å². The predicted molar refractivity (Wildman–Crippen MR) is 121 cm³/mol. The molecule has 0 bridgehead atoms. The van der Waals surface area contributed by atoms with Crippen molar-refractivity contribution in [1.82, 2.24) is 5.01 Å². The summed E-state index contributed by atoms with van der Waals surface area (Å²) < 4.78 is 22.6. The average Bonchev–Trinajstić information content (AvgIpc) is 3.33. The van der Waals surface area contributed by atoms with Crippen LogP contribution in [0.4, 0.5) is 0 Å². The van der Waals surface area contributed by atoms with Crippen molar-refractivity contribution in [2.75, 3.05) is 20.3 Å². The highest BCUT2D eigenvalue weighted by Crippen LogP contribution is 2.47. The van der Waals surface area contributed by atoms with Crippen LogP contribution < -0.4 is 14.2 Å². The van der Waals surface area contributed by atoms with Crippen molar-refractivity contribution in [1.29, 1.82) is 0 Å². The molecule has 0 unspecified atom stereocenters. The van der Waals surface area contributed by atoms with Crippen molar-refractivity contribution in [3.05, 3.63) is 89.0 Å². The summed E-state index contributed by atoms with van der Waals surface area (Å²) in [6.45, 7) is 1.11. The van der Waals surface area contributed by atoms with E-state index in [0.29, 0.717) is 18.8 Å². The third-order valence-electron chi connectivity index (χ3n) is 6.19. The number of esters is 1. The van der Waals surface area contributed by atoms with Crippen LogP contribution >= 0.6 is 0 Å². The summed E-state index contributed by atoms with van der Waals surface area (Å²) in [7, 11) is 1.38.